The SMILES string of the molecule is Cc1cc(CCl)cc(N(C)CCN2CCCC2)n1. The molecule has 0 atom stereocenters. The zero-order valence-electron chi connectivity index (χ0n) is 11.3. The fourth-order valence-corrected chi connectivity index (χ4v) is 2.56. The minimum atomic E-state index is 0.552. The number of likely N-dealkylation sites (tertiary alicyclic amines) is 1. The number of nitrogens with zero attached hydrogens (tertiary/aromatic N) is 3. The number of hydrogen-bond donors (Lipinski definition) is 0. The van der Waals surface area contributed by atoms with Gasteiger partial charge < -0.3 is 9.80 Å². The third-order valence-corrected chi connectivity index (χ3v) is 3.80. The monoisotopic (exact) mass is 267 g/mol. The van der Waals surface area contributed by atoms with Gasteiger partial charge in [-0.05, 0) is 50.6 Å². The Morgan fingerprint density at radius 1 is 1.33 bits per heavy atom. The summed E-state index contributed by atoms with van der Waals surface area (Å²) >= 11 is 5.90. The average Bonchev–Trinajstić information content (AvgIpc) is 2.88. The van der Waals surface area contributed by atoms with Crippen molar-refractivity contribution in [1.82, 2.24) is 9.88 Å². The molecular weight excluding hydrogens is 246 g/mol. The standard InChI is InChI=1S/C14H22ClN3/c1-12-9-13(11-15)10-14(16-12)17(2)7-8-18-5-3-4-6-18/h9-10H,3-8,11H2,1-2H3. The first-order valence-corrected chi connectivity index (χ1v) is 7.19. The Morgan fingerprint density at radius 3 is 2.72 bits per heavy atom. The Balaban J connectivity index is 1.94. The maximum Gasteiger partial charge on any atom is 0.128 e. The lowest BCUT2D eigenvalue weighted by Crippen LogP contribution is -2.31. The summed E-state index contributed by atoms with van der Waals surface area (Å²) in [4.78, 5) is 9.32. The highest BCUT2D eigenvalue weighted by Gasteiger charge is 2.12. The lowest BCUT2D eigenvalue weighted by Gasteiger charge is -2.23. The minimum absolute atomic E-state index is 0.552. The van der Waals surface area contributed by atoms with E-state index in [0.29, 0.717) is 5.88 Å². The summed E-state index contributed by atoms with van der Waals surface area (Å²) in [7, 11) is 2.11. The number of rotatable bonds is 5. The van der Waals surface area contributed by atoms with Crippen molar-refractivity contribution in [1.29, 1.82) is 0 Å². The van der Waals surface area contributed by atoms with Gasteiger partial charge in [-0.25, -0.2) is 4.98 Å². The van der Waals surface area contributed by atoms with Crippen LogP contribution >= 0.6 is 11.6 Å². The second-order valence-electron chi connectivity index (χ2n) is 5.08. The Labute approximate surface area is 115 Å². The molecule has 3 nitrogen and oxygen atoms in total. The molecule has 0 saturated carbocycles. The Kier molecular flexibility index (Phi) is 4.84. The van der Waals surface area contributed by atoms with Crippen LogP contribution in [0.15, 0.2) is 12.1 Å². The van der Waals surface area contributed by atoms with Gasteiger partial charge in [0, 0.05) is 31.7 Å². The van der Waals surface area contributed by atoms with Gasteiger partial charge in [0.25, 0.3) is 0 Å². The van der Waals surface area contributed by atoms with Crippen LogP contribution in [0, 0.1) is 6.92 Å². The van der Waals surface area contributed by atoms with Gasteiger partial charge in [0.1, 0.15) is 5.82 Å². The normalized spacial score (nSPS) is 16.2. The highest BCUT2D eigenvalue weighted by Crippen LogP contribution is 2.16. The van der Waals surface area contributed by atoms with Gasteiger partial charge in [-0.1, -0.05) is 0 Å². The number of hydrogen-bond acceptors (Lipinski definition) is 3. The van der Waals surface area contributed by atoms with Gasteiger partial charge in [0.05, 0.1) is 0 Å². The average molecular weight is 268 g/mol. The van der Waals surface area contributed by atoms with Crippen molar-refractivity contribution < 1.29 is 0 Å². The van der Waals surface area contributed by atoms with E-state index in [0.717, 1.165) is 30.2 Å². The molecular formula is C14H22ClN3. The quantitative estimate of drug-likeness (QED) is 0.765. The van der Waals surface area contributed by atoms with Crippen LogP contribution in [0.25, 0.3) is 0 Å². The van der Waals surface area contributed by atoms with Crippen molar-refractivity contribution in [2.45, 2.75) is 25.6 Å². The van der Waals surface area contributed by atoms with E-state index >= 15 is 0 Å². The summed E-state index contributed by atoms with van der Waals surface area (Å²) in [6.07, 6.45) is 2.70. The van der Waals surface area contributed by atoms with Crippen LogP contribution < -0.4 is 4.90 Å². The summed E-state index contributed by atoms with van der Waals surface area (Å²) in [5, 5.41) is 0. The van der Waals surface area contributed by atoms with Crippen LogP contribution in [0.1, 0.15) is 24.1 Å². The number of pyridine rings is 1. The van der Waals surface area contributed by atoms with Gasteiger partial charge in [-0.2, -0.15) is 0 Å². The Bertz CT molecular complexity index is 389. The van der Waals surface area contributed by atoms with Crippen LogP contribution in [0.2, 0.25) is 0 Å². The van der Waals surface area contributed by atoms with Crippen molar-refractivity contribution in [3.8, 4) is 0 Å². The second-order valence-corrected chi connectivity index (χ2v) is 5.35. The van der Waals surface area contributed by atoms with Crippen LogP contribution in [0.4, 0.5) is 5.82 Å². The molecule has 18 heavy (non-hydrogen) atoms. The zero-order valence-corrected chi connectivity index (χ0v) is 12.1. The fraction of sp³-hybridized carbons (Fsp3) is 0.643. The third-order valence-electron chi connectivity index (χ3n) is 3.50. The van der Waals surface area contributed by atoms with Gasteiger partial charge in [0.15, 0.2) is 0 Å². The summed E-state index contributed by atoms with van der Waals surface area (Å²) in [5.74, 6) is 1.58. The molecule has 0 spiro atoms. The highest BCUT2D eigenvalue weighted by molar-refractivity contribution is 6.17. The van der Waals surface area contributed by atoms with E-state index in [9.17, 15) is 0 Å². The van der Waals surface area contributed by atoms with Crippen molar-refractivity contribution in [3.05, 3.63) is 23.4 Å². The van der Waals surface area contributed by atoms with E-state index in [1.165, 1.54) is 25.9 Å². The predicted molar refractivity (Wildman–Crippen MR) is 77.5 cm³/mol. The molecule has 0 aromatic carbocycles. The molecule has 0 amide bonds. The molecule has 2 rings (SSSR count). The van der Waals surface area contributed by atoms with Gasteiger partial charge >= 0.3 is 0 Å². The first kappa shape index (κ1) is 13.6. The Morgan fingerprint density at radius 2 is 2.06 bits per heavy atom. The number of aryl methyl sites for hydroxylation is 1. The van der Waals surface area contributed by atoms with Crippen molar-refractivity contribution in [3.63, 3.8) is 0 Å². The second kappa shape index (κ2) is 6.39. The van der Waals surface area contributed by atoms with E-state index in [-0.39, 0.29) is 0 Å². The topological polar surface area (TPSA) is 19.4 Å². The molecule has 1 fully saturated rings. The largest absolute Gasteiger partial charge is 0.358 e. The molecule has 0 unspecified atom stereocenters. The molecule has 1 saturated heterocycles. The predicted octanol–water partition coefficient (Wildman–Crippen LogP) is 2.66. The van der Waals surface area contributed by atoms with E-state index in [2.05, 4.69) is 27.9 Å². The number of alkyl halides is 1. The molecule has 0 bridgehead atoms. The first-order chi connectivity index (χ1) is 8.69. The molecule has 0 N–H and O–H groups in total. The maximum atomic E-state index is 5.90. The zero-order chi connectivity index (χ0) is 13.0. The lowest BCUT2D eigenvalue weighted by atomic mass is 10.2. The highest BCUT2D eigenvalue weighted by atomic mass is 35.5. The smallest absolute Gasteiger partial charge is 0.128 e. The number of anilines is 1. The first-order valence-electron chi connectivity index (χ1n) is 6.66. The summed E-state index contributed by atoms with van der Waals surface area (Å²) in [6.45, 7) is 6.68. The van der Waals surface area contributed by atoms with E-state index in [4.69, 9.17) is 11.6 Å². The molecule has 1 aromatic heterocycles. The van der Waals surface area contributed by atoms with E-state index < -0.39 is 0 Å². The van der Waals surface area contributed by atoms with E-state index in [1.807, 2.05) is 13.0 Å². The third kappa shape index (κ3) is 3.59. The number of aromatic nitrogens is 1. The summed E-state index contributed by atoms with van der Waals surface area (Å²) in [6, 6.07) is 4.13. The lowest BCUT2D eigenvalue weighted by molar-refractivity contribution is 0.346. The number of halogens is 1. The minimum Gasteiger partial charge on any atom is -0.358 e. The van der Waals surface area contributed by atoms with Crippen molar-refractivity contribution in [2.75, 3.05) is 38.1 Å². The molecule has 0 aliphatic carbocycles. The summed E-state index contributed by atoms with van der Waals surface area (Å²) in [5.41, 5.74) is 2.18. The summed E-state index contributed by atoms with van der Waals surface area (Å²) < 4.78 is 0. The van der Waals surface area contributed by atoms with Crippen LogP contribution in [-0.4, -0.2) is 43.1 Å². The van der Waals surface area contributed by atoms with Crippen LogP contribution in [0.3, 0.4) is 0 Å². The molecule has 1 aromatic rings. The molecule has 100 valence electrons. The van der Waals surface area contributed by atoms with Crippen molar-refractivity contribution in [2.24, 2.45) is 0 Å². The molecule has 4 heteroatoms. The number of likely N-dealkylation sites (N-methyl/N-ethyl adjacent to an activating group) is 1. The Hall–Kier alpha value is -0.800. The van der Waals surface area contributed by atoms with Crippen molar-refractivity contribution >= 4 is 17.4 Å². The fourth-order valence-electron chi connectivity index (χ4n) is 2.41. The van der Waals surface area contributed by atoms with E-state index in [1.54, 1.807) is 0 Å². The molecule has 1 aliphatic heterocycles. The van der Waals surface area contributed by atoms with Crippen LogP contribution in [-0.2, 0) is 5.88 Å². The maximum absolute atomic E-state index is 5.90. The molecule has 1 aliphatic rings. The van der Waals surface area contributed by atoms with Gasteiger partial charge in [-0.15, -0.1) is 11.6 Å². The van der Waals surface area contributed by atoms with Gasteiger partial charge in [0.2, 0.25) is 0 Å². The van der Waals surface area contributed by atoms with Crippen LogP contribution in [0.5, 0.6) is 0 Å². The molecule has 2 heterocycles. The molecule has 0 radical (unpaired) electrons. The van der Waals surface area contributed by atoms with Gasteiger partial charge in [-0.3, -0.25) is 0 Å².